The molecule has 0 bridgehead atoms. The molecule has 3 nitrogen and oxygen atoms in total. The lowest BCUT2D eigenvalue weighted by Gasteiger charge is -2.20. The summed E-state index contributed by atoms with van der Waals surface area (Å²) < 4.78 is 70.4. The summed E-state index contributed by atoms with van der Waals surface area (Å²) in [5.41, 5.74) is 2.99. The van der Waals surface area contributed by atoms with Crippen molar-refractivity contribution in [3.8, 4) is 0 Å². The second-order valence-corrected chi connectivity index (χ2v) is 10.9. The van der Waals surface area contributed by atoms with Gasteiger partial charge in [0.05, 0.1) is 18.5 Å². The lowest BCUT2D eigenvalue weighted by Crippen LogP contribution is -2.06. The van der Waals surface area contributed by atoms with E-state index in [-0.39, 0.29) is 24.2 Å². The van der Waals surface area contributed by atoms with Crippen LogP contribution >= 0.6 is 0 Å². The number of halogens is 5. The van der Waals surface area contributed by atoms with Crippen molar-refractivity contribution >= 4 is 17.1 Å². The first-order valence-electron chi connectivity index (χ1n) is 14.9. The van der Waals surface area contributed by atoms with Crippen molar-refractivity contribution in [1.29, 1.82) is 0 Å². The molecule has 3 aromatic rings. The van der Waals surface area contributed by atoms with E-state index < -0.39 is 35.2 Å². The molecule has 4 rings (SSSR count). The van der Waals surface area contributed by atoms with Crippen LogP contribution in [0.3, 0.4) is 0 Å². The van der Waals surface area contributed by atoms with Crippen LogP contribution in [0.5, 0.6) is 0 Å². The number of rotatable bonds is 12. The maximum absolute atomic E-state index is 15.3. The van der Waals surface area contributed by atoms with Crippen molar-refractivity contribution in [2.45, 2.75) is 71.1 Å². The van der Waals surface area contributed by atoms with Crippen LogP contribution in [-0.4, -0.2) is 22.9 Å². The highest BCUT2D eigenvalue weighted by atomic mass is 19.3. The minimum atomic E-state index is -3.01. The van der Waals surface area contributed by atoms with Gasteiger partial charge in [0.15, 0.2) is 11.6 Å². The Labute approximate surface area is 255 Å². The van der Waals surface area contributed by atoms with Crippen LogP contribution in [0.1, 0.15) is 102 Å². The van der Waals surface area contributed by atoms with Gasteiger partial charge >= 0.3 is 5.97 Å². The van der Waals surface area contributed by atoms with Gasteiger partial charge in [-0.25, -0.2) is 22.4 Å². The van der Waals surface area contributed by atoms with Crippen LogP contribution in [-0.2, 0) is 12.8 Å². The first-order chi connectivity index (χ1) is 21.2. The zero-order valence-electron chi connectivity index (χ0n) is 24.9. The Hall–Kier alpha value is -3.94. The first-order valence-corrected chi connectivity index (χ1v) is 14.9. The number of carboxylic acid groups (broad SMARTS) is 1. The Bertz CT molecular complexity index is 1450. The number of aliphatic hydroxyl groups excluding tert-OH is 1. The number of fused-ring (bicyclic) bond motifs is 1. The van der Waals surface area contributed by atoms with Gasteiger partial charge in [0, 0.05) is 11.1 Å². The maximum atomic E-state index is 15.3. The molecule has 44 heavy (non-hydrogen) atoms. The Balaban J connectivity index is 0.00000169. The third-order valence-electron chi connectivity index (χ3n) is 8.05. The van der Waals surface area contributed by atoms with E-state index in [0.717, 1.165) is 56.1 Å². The van der Waals surface area contributed by atoms with Gasteiger partial charge in [-0.15, -0.1) is 0 Å². The SMILES string of the molecule is C=CO.CCC(CCCCCF)Cc1ccc(C2=C(c3c(C(F)F)ccc(F)c3F)CCCc3cc(C(=O)O)ccc32)cc1. The molecule has 1 atom stereocenters. The van der Waals surface area contributed by atoms with Crippen LogP contribution in [0.15, 0.2) is 67.4 Å². The topological polar surface area (TPSA) is 57.5 Å². The van der Waals surface area contributed by atoms with Crippen molar-refractivity contribution in [2.75, 3.05) is 6.67 Å². The van der Waals surface area contributed by atoms with E-state index in [1.807, 2.05) is 24.3 Å². The second kappa shape index (κ2) is 16.8. The number of hydrogen-bond donors (Lipinski definition) is 2. The number of aromatic carboxylic acids is 1. The molecule has 0 saturated heterocycles. The van der Waals surface area contributed by atoms with Gasteiger partial charge in [-0.3, -0.25) is 4.39 Å². The Morgan fingerprint density at radius 2 is 1.70 bits per heavy atom. The van der Waals surface area contributed by atoms with Gasteiger partial charge in [0.1, 0.15) is 0 Å². The monoisotopic (exact) mass is 614 g/mol. The third-order valence-corrected chi connectivity index (χ3v) is 8.05. The molecule has 1 unspecified atom stereocenters. The minimum Gasteiger partial charge on any atom is -0.516 e. The van der Waals surface area contributed by atoms with E-state index in [9.17, 15) is 27.5 Å². The van der Waals surface area contributed by atoms with Crippen molar-refractivity contribution in [3.63, 3.8) is 0 Å². The number of allylic oxidation sites excluding steroid dienone is 1. The summed E-state index contributed by atoms with van der Waals surface area (Å²) in [7, 11) is 0. The zero-order valence-corrected chi connectivity index (χ0v) is 24.9. The van der Waals surface area contributed by atoms with Crippen molar-refractivity contribution in [2.24, 2.45) is 5.92 Å². The summed E-state index contributed by atoms with van der Waals surface area (Å²) in [5.74, 6) is -3.15. The molecule has 0 aliphatic heterocycles. The van der Waals surface area contributed by atoms with Crippen LogP contribution in [0.4, 0.5) is 22.0 Å². The minimum absolute atomic E-state index is 0.101. The largest absolute Gasteiger partial charge is 0.516 e. The van der Waals surface area contributed by atoms with Crippen LogP contribution < -0.4 is 0 Å². The summed E-state index contributed by atoms with van der Waals surface area (Å²) in [5, 5.41) is 16.9. The predicted molar refractivity (Wildman–Crippen MR) is 165 cm³/mol. The molecule has 0 aromatic heterocycles. The summed E-state index contributed by atoms with van der Waals surface area (Å²) in [6.07, 6.45) is 4.11. The number of carboxylic acids is 1. The molecular weight excluding hydrogens is 575 g/mol. The number of carbonyl (C=O) groups is 1. The predicted octanol–water partition coefficient (Wildman–Crippen LogP) is 10.7. The van der Waals surface area contributed by atoms with Crippen molar-refractivity contribution in [1.82, 2.24) is 0 Å². The fourth-order valence-corrected chi connectivity index (χ4v) is 5.85. The number of alkyl halides is 3. The van der Waals surface area contributed by atoms with E-state index >= 15 is 4.39 Å². The number of aliphatic hydroxyl groups is 1. The molecule has 0 radical (unpaired) electrons. The average Bonchev–Trinajstić information content (AvgIpc) is 3.19. The summed E-state index contributed by atoms with van der Waals surface area (Å²) >= 11 is 0. The quantitative estimate of drug-likeness (QED) is 0.121. The molecule has 1 aliphatic rings. The van der Waals surface area contributed by atoms with Gasteiger partial charge in [0.2, 0.25) is 0 Å². The van der Waals surface area contributed by atoms with Gasteiger partial charge in [-0.05, 0) is 95.7 Å². The number of benzene rings is 3. The van der Waals surface area contributed by atoms with Gasteiger partial charge in [-0.1, -0.05) is 69.5 Å². The van der Waals surface area contributed by atoms with Crippen LogP contribution in [0.25, 0.3) is 11.1 Å². The van der Waals surface area contributed by atoms with E-state index in [4.69, 9.17) is 5.11 Å². The van der Waals surface area contributed by atoms with Crippen molar-refractivity contribution in [3.05, 3.63) is 118 Å². The molecule has 0 heterocycles. The van der Waals surface area contributed by atoms with E-state index in [0.29, 0.717) is 47.4 Å². The number of aryl methyl sites for hydroxylation is 1. The Morgan fingerprint density at radius 1 is 1.00 bits per heavy atom. The lowest BCUT2D eigenvalue weighted by molar-refractivity contribution is 0.0696. The summed E-state index contributed by atoms with van der Waals surface area (Å²) in [4.78, 5) is 11.7. The normalized spacial score (nSPS) is 13.5. The first kappa shape index (κ1) is 34.5. The molecule has 0 spiro atoms. The Morgan fingerprint density at radius 3 is 2.32 bits per heavy atom. The molecule has 0 fully saturated rings. The van der Waals surface area contributed by atoms with Crippen molar-refractivity contribution < 1.29 is 37.0 Å². The molecule has 2 N–H and O–H groups in total. The molecule has 0 saturated carbocycles. The molecule has 3 aromatic carbocycles. The maximum Gasteiger partial charge on any atom is 0.335 e. The smallest absolute Gasteiger partial charge is 0.335 e. The zero-order chi connectivity index (χ0) is 32.2. The highest BCUT2D eigenvalue weighted by molar-refractivity contribution is 6.01. The van der Waals surface area contributed by atoms with Gasteiger partial charge in [0.25, 0.3) is 6.43 Å². The van der Waals surface area contributed by atoms with Gasteiger partial charge in [-0.2, -0.15) is 0 Å². The van der Waals surface area contributed by atoms with Gasteiger partial charge < -0.3 is 10.2 Å². The summed E-state index contributed by atoms with van der Waals surface area (Å²) in [6.45, 7) is 4.75. The van der Waals surface area contributed by atoms with Crippen LogP contribution in [0, 0.1) is 17.6 Å². The fourth-order valence-electron chi connectivity index (χ4n) is 5.85. The summed E-state index contributed by atoms with van der Waals surface area (Å²) in [6, 6.07) is 14.0. The lowest BCUT2D eigenvalue weighted by atomic mass is 9.84. The number of unbranched alkanes of at least 4 members (excludes halogenated alkanes) is 2. The molecule has 1 aliphatic carbocycles. The fraction of sp³-hybridized carbons (Fsp3) is 0.361. The standard InChI is InChI=1S/C34H35F5O2.C2H4O/c1-2-21(7-4-3-5-18-35)19-22-10-12-23(13-11-22)30-26-15-14-25(34(40)41)20-24(26)8-6-9-27(30)31-28(33(38)39)16-17-29(36)32(31)37;1-2-3/h10-17,20-21,33H,2-9,18-19H2,1H3,(H,40,41);2-3H,1H2. The number of hydrogen-bond acceptors (Lipinski definition) is 2. The average molecular weight is 615 g/mol. The highest BCUT2D eigenvalue weighted by Gasteiger charge is 2.28. The Kier molecular flexibility index (Phi) is 13.2. The molecule has 0 amide bonds. The molecular formula is C36H39F5O3. The van der Waals surface area contributed by atoms with Crippen LogP contribution in [0.2, 0.25) is 0 Å². The molecule has 236 valence electrons. The second-order valence-electron chi connectivity index (χ2n) is 10.9. The molecule has 8 heteroatoms. The van der Waals surface area contributed by atoms with E-state index in [1.165, 1.54) is 6.07 Å². The van der Waals surface area contributed by atoms with E-state index in [1.54, 1.807) is 12.1 Å². The third kappa shape index (κ3) is 8.58. The van der Waals surface area contributed by atoms with E-state index in [2.05, 4.69) is 13.5 Å². The highest BCUT2D eigenvalue weighted by Crippen LogP contribution is 2.44.